The Hall–Kier alpha value is -3.03. The second-order valence-corrected chi connectivity index (χ2v) is 7.78. The number of hydrogen-bond donors (Lipinski definition) is 1. The van der Waals surface area contributed by atoms with E-state index in [1.165, 1.54) is 16.0 Å². The summed E-state index contributed by atoms with van der Waals surface area (Å²) in [5.74, 6) is -0.231. The summed E-state index contributed by atoms with van der Waals surface area (Å²) < 4.78 is 1.94. The molecule has 4 rings (SSSR count). The van der Waals surface area contributed by atoms with Crippen LogP contribution in [0, 0.1) is 0 Å². The number of hydrogen-bond acceptors (Lipinski definition) is 5. The summed E-state index contributed by atoms with van der Waals surface area (Å²) in [6.45, 7) is 0.448. The molecule has 0 unspecified atom stereocenters. The highest BCUT2D eigenvalue weighted by Gasteiger charge is 2.13. The minimum absolute atomic E-state index is 0.192. The van der Waals surface area contributed by atoms with E-state index in [-0.39, 0.29) is 24.6 Å². The molecule has 140 valence electrons. The third-order valence-corrected chi connectivity index (χ3v) is 5.43. The predicted molar refractivity (Wildman–Crippen MR) is 110 cm³/mol. The van der Waals surface area contributed by atoms with Crippen LogP contribution < -0.4 is 10.9 Å². The summed E-state index contributed by atoms with van der Waals surface area (Å²) in [6, 6.07) is 16.1. The normalized spacial score (nSPS) is 10.9. The summed E-state index contributed by atoms with van der Waals surface area (Å²) >= 11 is 7.11. The van der Waals surface area contributed by atoms with Crippen LogP contribution in [0.4, 0.5) is 0 Å². The Bertz CT molecular complexity index is 1200. The van der Waals surface area contributed by atoms with Crippen LogP contribution in [0.3, 0.4) is 0 Å². The monoisotopic (exact) mass is 410 g/mol. The van der Waals surface area contributed by atoms with Crippen molar-refractivity contribution in [3.05, 3.63) is 91.7 Å². The summed E-state index contributed by atoms with van der Waals surface area (Å²) in [5, 5.41) is 8.61. The van der Waals surface area contributed by atoms with Gasteiger partial charge < -0.3 is 5.32 Å². The first-order valence-electron chi connectivity index (χ1n) is 8.54. The quantitative estimate of drug-likeness (QED) is 0.546. The van der Waals surface area contributed by atoms with Crippen molar-refractivity contribution < 1.29 is 4.79 Å². The van der Waals surface area contributed by atoms with E-state index in [0.29, 0.717) is 25.7 Å². The number of carbonyl (C=O) groups excluding carboxylic acids is 1. The molecule has 0 saturated heterocycles. The fraction of sp³-hybridized carbons (Fsp3) is 0.100. The van der Waals surface area contributed by atoms with Gasteiger partial charge in [-0.3, -0.25) is 14.6 Å². The van der Waals surface area contributed by atoms with Gasteiger partial charge in [0.05, 0.1) is 39.1 Å². The number of carbonyl (C=O) groups is 1. The van der Waals surface area contributed by atoms with Gasteiger partial charge in [0.15, 0.2) is 0 Å². The molecule has 0 aliphatic carbocycles. The Morgan fingerprint density at radius 1 is 1.07 bits per heavy atom. The highest BCUT2D eigenvalue weighted by atomic mass is 35.5. The molecule has 0 radical (unpaired) electrons. The number of fused-ring (bicyclic) bond motifs is 1. The van der Waals surface area contributed by atoms with E-state index < -0.39 is 0 Å². The standard InChI is InChI=1S/C20H15ClN4O2S/c21-18-9-8-17(28-18)19(26)23-11-16-14-6-1-2-7-15(14)20(27)25(24-16)12-13-5-3-4-10-22-13/h1-10H,11-12H2,(H,23,26). The van der Waals surface area contributed by atoms with E-state index in [9.17, 15) is 9.59 Å². The van der Waals surface area contributed by atoms with E-state index in [2.05, 4.69) is 15.4 Å². The molecular weight excluding hydrogens is 396 g/mol. The van der Waals surface area contributed by atoms with E-state index in [0.717, 1.165) is 5.69 Å². The van der Waals surface area contributed by atoms with Gasteiger partial charge in [-0.05, 0) is 30.3 Å². The first-order chi connectivity index (χ1) is 13.6. The molecule has 8 heteroatoms. The van der Waals surface area contributed by atoms with Gasteiger partial charge in [-0.25, -0.2) is 4.68 Å². The molecule has 4 aromatic rings. The van der Waals surface area contributed by atoms with Crippen molar-refractivity contribution in [3.63, 3.8) is 0 Å². The van der Waals surface area contributed by atoms with Crippen molar-refractivity contribution in [1.29, 1.82) is 0 Å². The molecule has 1 aromatic carbocycles. The largest absolute Gasteiger partial charge is 0.346 e. The number of nitrogens with zero attached hydrogens (tertiary/aromatic N) is 3. The fourth-order valence-corrected chi connectivity index (χ4v) is 3.84. The molecule has 0 fully saturated rings. The summed E-state index contributed by atoms with van der Waals surface area (Å²) in [4.78, 5) is 29.9. The lowest BCUT2D eigenvalue weighted by atomic mass is 10.1. The number of amides is 1. The molecule has 0 saturated carbocycles. The van der Waals surface area contributed by atoms with E-state index >= 15 is 0 Å². The molecule has 0 aliphatic heterocycles. The number of benzene rings is 1. The average Bonchev–Trinajstić information content (AvgIpc) is 3.16. The lowest BCUT2D eigenvalue weighted by Crippen LogP contribution is -2.28. The molecule has 1 amide bonds. The van der Waals surface area contributed by atoms with Crippen LogP contribution in [0.25, 0.3) is 10.8 Å². The highest BCUT2D eigenvalue weighted by molar-refractivity contribution is 7.17. The molecule has 0 bridgehead atoms. The van der Waals surface area contributed by atoms with Crippen LogP contribution in [0.15, 0.2) is 65.6 Å². The number of thiophene rings is 1. The Morgan fingerprint density at radius 2 is 1.86 bits per heavy atom. The van der Waals surface area contributed by atoms with E-state index in [1.54, 1.807) is 24.4 Å². The maximum absolute atomic E-state index is 12.8. The molecule has 0 aliphatic rings. The van der Waals surface area contributed by atoms with E-state index in [4.69, 9.17) is 11.6 Å². The first-order valence-corrected chi connectivity index (χ1v) is 9.73. The summed E-state index contributed by atoms with van der Waals surface area (Å²) in [5.41, 5.74) is 1.15. The number of halogens is 1. The van der Waals surface area contributed by atoms with Gasteiger partial charge in [0.1, 0.15) is 0 Å². The van der Waals surface area contributed by atoms with Crippen molar-refractivity contribution in [2.45, 2.75) is 13.1 Å². The van der Waals surface area contributed by atoms with Gasteiger partial charge in [-0.15, -0.1) is 11.3 Å². The third-order valence-electron chi connectivity index (χ3n) is 4.20. The molecular formula is C20H15ClN4O2S. The second-order valence-electron chi connectivity index (χ2n) is 6.06. The second kappa shape index (κ2) is 7.92. The molecule has 6 nitrogen and oxygen atoms in total. The zero-order valence-electron chi connectivity index (χ0n) is 14.6. The maximum atomic E-state index is 12.8. The van der Waals surface area contributed by atoms with Gasteiger partial charge in [0.2, 0.25) is 0 Å². The van der Waals surface area contributed by atoms with Gasteiger partial charge in [0, 0.05) is 11.6 Å². The van der Waals surface area contributed by atoms with Crippen LogP contribution in [0.2, 0.25) is 4.34 Å². The van der Waals surface area contributed by atoms with Crippen LogP contribution in [-0.4, -0.2) is 20.7 Å². The Balaban J connectivity index is 1.67. The third kappa shape index (κ3) is 3.81. The van der Waals surface area contributed by atoms with Crippen LogP contribution in [0.5, 0.6) is 0 Å². The lowest BCUT2D eigenvalue weighted by molar-refractivity contribution is 0.0954. The minimum atomic E-state index is -0.231. The van der Waals surface area contributed by atoms with Crippen molar-refractivity contribution >= 4 is 39.6 Å². The van der Waals surface area contributed by atoms with Crippen molar-refractivity contribution in [3.8, 4) is 0 Å². The number of aromatic nitrogens is 3. The Morgan fingerprint density at radius 3 is 2.57 bits per heavy atom. The van der Waals surface area contributed by atoms with Gasteiger partial charge in [0.25, 0.3) is 11.5 Å². The molecule has 0 atom stereocenters. The smallest absolute Gasteiger partial charge is 0.275 e. The molecule has 28 heavy (non-hydrogen) atoms. The zero-order chi connectivity index (χ0) is 19.5. The lowest BCUT2D eigenvalue weighted by Gasteiger charge is -2.11. The SMILES string of the molecule is O=C(NCc1nn(Cc2ccccn2)c(=O)c2ccccc12)c1ccc(Cl)s1. The van der Waals surface area contributed by atoms with E-state index in [1.807, 2.05) is 36.4 Å². The van der Waals surface area contributed by atoms with Crippen molar-refractivity contribution in [2.24, 2.45) is 0 Å². The maximum Gasteiger partial charge on any atom is 0.275 e. The van der Waals surface area contributed by atoms with Gasteiger partial charge in [-0.1, -0.05) is 35.9 Å². The number of nitrogens with one attached hydrogen (secondary N) is 1. The van der Waals surface area contributed by atoms with Crippen LogP contribution >= 0.6 is 22.9 Å². The number of pyridine rings is 1. The Kier molecular flexibility index (Phi) is 5.18. The highest BCUT2D eigenvalue weighted by Crippen LogP contribution is 2.21. The average molecular weight is 411 g/mol. The minimum Gasteiger partial charge on any atom is -0.346 e. The fourth-order valence-electron chi connectivity index (χ4n) is 2.88. The van der Waals surface area contributed by atoms with Crippen LogP contribution in [-0.2, 0) is 13.1 Å². The molecule has 1 N–H and O–H groups in total. The molecule has 0 spiro atoms. The van der Waals surface area contributed by atoms with Crippen LogP contribution in [0.1, 0.15) is 21.1 Å². The van der Waals surface area contributed by atoms with Crippen molar-refractivity contribution in [1.82, 2.24) is 20.1 Å². The van der Waals surface area contributed by atoms with Gasteiger partial charge >= 0.3 is 0 Å². The summed E-state index contributed by atoms with van der Waals surface area (Å²) in [6.07, 6.45) is 1.68. The summed E-state index contributed by atoms with van der Waals surface area (Å²) in [7, 11) is 0. The molecule has 3 heterocycles. The predicted octanol–water partition coefficient (Wildman–Crippen LogP) is 3.48. The topological polar surface area (TPSA) is 76.9 Å². The Labute approximate surface area is 169 Å². The molecule has 3 aromatic heterocycles. The van der Waals surface area contributed by atoms with Gasteiger partial charge in [-0.2, -0.15) is 5.10 Å². The first kappa shape index (κ1) is 18.3. The zero-order valence-corrected chi connectivity index (χ0v) is 16.2. The van der Waals surface area contributed by atoms with Crippen molar-refractivity contribution in [2.75, 3.05) is 0 Å². The number of rotatable bonds is 5.